The molecule has 5 nitrogen and oxygen atoms in total. The molecule has 0 bridgehead atoms. The SMILES string of the molecule is CCCC(OC(=O)c1ccccc1)C(CCOC(c1ccccc1)(c1ccccc1)c1ccccc1)OC(=O)c1ccccc1. The first-order valence-electron chi connectivity index (χ1n) is 15.4. The van der Waals surface area contributed by atoms with Crippen LogP contribution in [0.3, 0.4) is 0 Å². The highest BCUT2D eigenvalue weighted by atomic mass is 16.6. The molecule has 0 heterocycles. The molecule has 45 heavy (non-hydrogen) atoms. The van der Waals surface area contributed by atoms with Gasteiger partial charge in [0.2, 0.25) is 0 Å². The van der Waals surface area contributed by atoms with E-state index < -0.39 is 29.7 Å². The summed E-state index contributed by atoms with van der Waals surface area (Å²) in [5, 5.41) is 0. The van der Waals surface area contributed by atoms with Gasteiger partial charge in [-0.25, -0.2) is 9.59 Å². The summed E-state index contributed by atoms with van der Waals surface area (Å²) in [5.41, 5.74) is 2.86. The second kappa shape index (κ2) is 15.6. The van der Waals surface area contributed by atoms with Crippen LogP contribution >= 0.6 is 0 Å². The van der Waals surface area contributed by atoms with Gasteiger partial charge >= 0.3 is 11.9 Å². The van der Waals surface area contributed by atoms with Crippen molar-refractivity contribution in [3.8, 4) is 0 Å². The molecule has 5 heteroatoms. The molecule has 0 radical (unpaired) electrons. The fourth-order valence-corrected chi connectivity index (χ4v) is 5.58. The minimum absolute atomic E-state index is 0.217. The van der Waals surface area contributed by atoms with Gasteiger partial charge < -0.3 is 14.2 Å². The molecule has 2 atom stereocenters. The lowest BCUT2D eigenvalue weighted by molar-refractivity contribution is -0.0605. The quantitative estimate of drug-likeness (QED) is 0.0946. The van der Waals surface area contributed by atoms with E-state index in [4.69, 9.17) is 14.2 Å². The summed E-state index contributed by atoms with van der Waals surface area (Å²) in [7, 11) is 0. The summed E-state index contributed by atoms with van der Waals surface area (Å²) < 4.78 is 19.2. The van der Waals surface area contributed by atoms with E-state index in [9.17, 15) is 9.59 Å². The standard InChI is InChI=1S/C40H38O5/c1-2-18-36(44-38(41)31-19-8-3-9-20-31)37(45-39(42)32-21-10-4-11-22-32)29-30-43-40(33-23-12-5-13-24-33,34-25-14-6-15-26-34)35-27-16-7-17-28-35/h3-17,19-28,36-37H,2,18,29-30H2,1H3. The molecule has 228 valence electrons. The van der Waals surface area contributed by atoms with Crippen molar-refractivity contribution in [3.63, 3.8) is 0 Å². The normalized spacial score (nSPS) is 12.6. The molecule has 5 aromatic rings. The molecule has 0 saturated carbocycles. The molecule has 0 spiro atoms. The number of carbonyl (C=O) groups is 2. The zero-order chi connectivity index (χ0) is 31.3. The van der Waals surface area contributed by atoms with Crippen LogP contribution in [-0.4, -0.2) is 30.8 Å². The molecule has 0 saturated heterocycles. The van der Waals surface area contributed by atoms with Gasteiger partial charge in [-0.2, -0.15) is 0 Å². The largest absolute Gasteiger partial charge is 0.455 e. The molecule has 0 aliphatic carbocycles. The third-order valence-corrected chi connectivity index (χ3v) is 7.79. The van der Waals surface area contributed by atoms with Crippen molar-refractivity contribution in [2.24, 2.45) is 0 Å². The number of hydrogen-bond acceptors (Lipinski definition) is 5. The third-order valence-electron chi connectivity index (χ3n) is 7.79. The first-order valence-corrected chi connectivity index (χ1v) is 15.4. The van der Waals surface area contributed by atoms with E-state index in [1.807, 2.05) is 73.7 Å². The number of esters is 2. The molecular weight excluding hydrogens is 560 g/mol. The third kappa shape index (κ3) is 7.75. The fourth-order valence-electron chi connectivity index (χ4n) is 5.58. The van der Waals surface area contributed by atoms with Gasteiger partial charge in [-0.3, -0.25) is 0 Å². The van der Waals surface area contributed by atoms with Gasteiger partial charge in [0, 0.05) is 6.42 Å². The molecule has 2 unspecified atom stereocenters. The minimum atomic E-state index is -0.932. The monoisotopic (exact) mass is 598 g/mol. The molecule has 0 aliphatic rings. The highest BCUT2D eigenvalue weighted by Gasteiger charge is 2.38. The Labute approximate surface area is 265 Å². The Morgan fingerprint density at radius 3 is 1.20 bits per heavy atom. The van der Waals surface area contributed by atoms with Crippen molar-refractivity contribution >= 4 is 11.9 Å². The molecule has 0 fully saturated rings. The second-order valence-electron chi connectivity index (χ2n) is 10.8. The van der Waals surface area contributed by atoms with Crippen LogP contribution in [0.5, 0.6) is 0 Å². The lowest BCUT2D eigenvalue weighted by Gasteiger charge is -2.36. The topological polar surface area (TPSA) is 61.8 Å². The van der Waals surface area contributed by atoms with Crippen LogP contribution < -0.4 is 0 Å². The van der Waals surface area contributed by atoms with Crippen molar-refractivity contribution in [1.82, 2.24) is 0 Å². The highest BCUT2D eigenvalue weighted by molar-refractivity contribution is 5.90. The maximum absolute atomic E-state index is 13.3. The van der Waals surface area contributed by atoms with E-state index in [-0.39, 0.29) is 6.61 Å². The lowest BCUT2D eigenvalue weighted by atomic mass is 9.80. The highest BCUT2D eigenvalue weighted by Crippen LogP contribution is 2.40. The van der Waals surface area contributed by atoms with Crippen molar-refractivity contribution in [3.05, 3.63) is 179 Å². The van der Waals surface area contributed by atoms with Crippen LogP contribution in [0.15, 0.2) is 152 Å². The zero-order valence-electron chi connectivity index (χ0n) is 25.5. The summed E-state index contributed by atoms with van der Waals surface area (Å²) in [4.78, 5) is 26.5. The van der Waals surface area contributed by atoms with Gasteiger partial charge in [0.1, 0.15) is 17.8 Å². The Kier molecular flexibility index (Phi) is 10.9. The molecule has 0 N–H and O–H groups in total. The van der Waals surface area contributed by atoms with E-state index >= 15 is 0 Å². The van der Waals surface area contributed by atoms with Crippen molar-refractivity contribution < 1.29 is 23.8 Å². The van der Waals surface area contributed by atoms with Crippen LogP contribution in [0.1, 0.15) is 63.6 Å². The molecular formula is C40H38O5. The lowest BCUT2D eigenvalue weighted by Crippen LogP contribution is -2.38. The van der Waals surface area contributed by atoms with Gasteiger partial charge in [-0.15, -0.1) is 0 Å². The number of benzene rings is 5. The molecule has 0 amide bonds. The first kappa shape index (κ1) is 31.4. The number of hydrogen-bond donors (Lipinski definition) is 0. The van der Waals surface area contributed by atoms with Gasteiger partial charge in [0.15, 0.2) is 0 Å². The Morgan fingerprint density at radius 2 is 0.844 bits per heavy atom. The summed E-state index contributed by atoms with van der Waals surface area (Å²) in [6, 6.07) is 48.1. The fraction of sp³-hybridized carbons (Fsp3) is 0.200. The summed E-state index contributed by atoms with van der Waals surface area (Å²) in [6.07, 6.45) is 0.144. The van der Waals surface area contributed by atoms with Crippen LogP contribution in [0.2, 0.25) is 0 Å². The number of carbonyl (C=O) groups excluding carboxylic acids is 2. The summed E-state index contributed by atoms with van der Waals surface area (Å²) >= 11 is 0. The Morgan fingerprint density at radius 1 is 0.511 bits per heavy atom. The van der Waals surface area contributed by atoms with Crippen molar-refractivity contribution in [2.45, 2.75) is 44.0 Å². The van der Waals surface area contributed by atoms with Crippen molar-refractivity contribution in [1.29, 1.82) is 0 Å². The second-order valence-corrected chi connectivity index (χ2v) is 10.8. The van der Waals surface area contributed by atoms with E-state index in [0.29, 0.717) is 24.0 Å². The minimum Gasteiger partial charge on any atom is -0.455 e. The maximum atomic E-state index is 13.3. The van der Waals surface area contributed by atoms with Gasteiger partial charge in [-0.05, 0) is 47.4 Å². The van der Waals surface area contributed by atoms with E-state index in [1.54, 1.807) is 48.5 Å². The van der Waals surface area contributed by atoms with Crippen LogP contribution in [0, 0.1) is 0 Å². The average molecular weight is 599 g/mol. The average Bonchev–Trinajstić information content (AvgIpc) is 3.11. The molecule has 5 rings (SSSR count). The smallest absolute Gasteiger partial charge is 0.338 e. The van der Waals surface area contributed by atoms with Crippen LogP contribution in [0.4, 0.5) is 0 Å². The van der Waals surface area contributed by atoms with Crippen LogP contribution in [0.25, 0.3) is 0 Å². The Hall–Kier alpha value is -5.00. The van der Waals surface area contributed by atoms with E-state index in [1.165, 1.54) is 0 Å². The maximum Gasteiger partial charge on any atom is 0.338 e. The van der Waals surface area contributed by atoms with Gasteiger partial charge in [0.25, 0.3) is 0 Å². The molecule has 5 aromatic carbocycles. The summed E-state index contributed by atoms with van der Waals surface area (Å²) in [6.45, 7) is 2.23. The Balaban J connectivity index is 1.48. The number of rotatable bonds is 14. The molecule has 0 aromatic heterocycles. The number of ether oxygens (including phenoxy) is 3. The van der Waals surface area contributed by atoms with Gasteiger partial charge in [0.05, 0.1) is 17.7 Å². The molecule has 0 aliphatic heterocycles. The predicted octanol–water partition coefficient (Wildman–Crippen LogP) is 8.64. The predicted molar refractivity (Wildman–Crippen MR) is 176 cm³/mol. The Bertz CT molecular complexity index is 1510. The zero-order valence-corrected chi connectivity index (χ0v) is 25.5. The summed E-state index contributed by atoms with van der Waals surface area (Å²) in [5.74, 6) is -0.930. The van der Waals surface area contributed by atoms with Gasteiger partial charge in [-0.1, -0.05) is 141 Å². The van der Waals surface area contributed by atoms with E-state index in [0.717, 1.165) is 23.1 Å². The van der Waals surface area contributed by atoms with Crippen LogP contribution in [-0.2, 0) is 19.8 Å². The van der Waals surface area contributed by atoms with E-state index in [2.05, 4.69) is 36.4 Å². The van der Waals surface area contributed by atoms with Crippen molar-refractivity contribution in [2.75, 3.05) is 6.61 Å². The first-order chi connectivity index (χ1) is 22.1.